The van der Waals surface area contributed by atoms with Gasteiger partial charge >= 0.3 is 0 Å². The zero-order valence-corrected chi connectivity index (χ0v) is 8.10. The Bertz CT molecular complexity index is 103. The highest BCUT2D eigenvalue weighted by Crippen LogP contribution is 1.99. The maximum Gasteiger partial charge on any atom is -0.0189 e. The molecule has 1 heteroatoms. The second-order valence-electron chi connectivity index (χ2n) is 2.24. The maximum absolute atomic E-state index is 3.20. The fraction of sp³-hybridized carbons (Fsp3) is 0.556. The summed E-state index contributed by atoms with van der Waals surface area (Å²) in [7, 11) is 0. The van der Waals surface area contributed by atoms with Gasteiger partial charge in [-0.25, -0.2) is 0 Å². The Morgan fingerprint density at radius 2 is 2.00 bits per heavy atom. The zero-order chi connectivity index (χ0) is 7.66. The minimum absolute atomic E-state index is 1.21. The second kappa shape index (κ2) is 8.96. The first kappa shape index (κ1) is 9.96. The van der Waals surface area contributed by atoms with Gasteiger partial charge in [-0.2, -0.15) is 0 Å². The molecule has 0 nitrogen and oxygen atoms in total. The Balaban J connectivity index is 3.02. The predicted molar refractivity (Wildman–Crippen MR) is 51.3 cm³/mol. The van der Waals surface area contributed by atoms with E-state index in [0.29, 0.717) is 0 Å². The van der Waals surface area contributed by atoms with Gasteiger partial charge in [0.1, 0.15) is 0 Å². The van der Waals surface area contributed by atoms with Crippen LogP contribution in [0.2, 0.25) is 0 Å². The largest absolute Gasteiger partial charge is 0.0845 e. The fourth-order valence-electron chi connectivity index (χ4n) is 0.729. The molecule has 0 heterocycles. The SMILES string of the molecule is CCCCCC=CC=CBr. The first-order valence-electron chi connectivity index (χ1n) is 3.83. The molecule has 0 rings (SSSR count). The molecule has 0 saturated heterocycles. The van der Waals surface area contributed by atoms with Crippen LogP contribution >= 0.6 is 15.9 Å². The lowest BCUT2D eigenvalue weighted by Gasteiger charge is -1.89. The van der Waals surface area contributed by atoms with Gasteiger partial charge in [-0.05, 0) is 17.8 Å². The summed E-state index contributed by atoms with van der Waals surface area (Å²) in [6, 6.07) is 0. The fourth-order valence-corrected chi connectivity index (χ4v) is 0.905. The van der Waals surface area contributed by atoms with E-state index in [2.05, 4.69) is 35.0 Å². The van der Waals surface area contributed by atoms with Crippen molar-refractivity contribution in [2.75, 3.05) is 0 Å². The quantitative estimate of drug-likeness (QED) is 0.467. The van der Waals surface area contributed by atoms with E-state index in [1.165, 1.54) is 25.7 Å². The van der Waals surface area contributed by atoms with E-state index < -0.39 is 0 Å². The van der Waals surface area contributed by atoms with Gasteiger partial charge < -0.3 is 0 Å². The number of hydrogen-bond donors (Lipinski definition) is 0. The first-order valence-corrected chi connectivity index (χ1v) is 4.75. The van der Waals surface area contributed by atoms with Crippen LogP contribution in [0.3, 0.4) is 0 Å². The van der Waals surface area contributed by atoms with Crippen molar-refractivity contribution in [2.45, 2.75) is 32.6 Å². The molecule has 0 N–H and O–H groups in total. The van der Waals surface area contributed by atoms with Crippen molar-refractivity contribution in [3.05, 3.63) is 23.2 Å². The molecule has 0 amide bonds. The lowest BCUT2D eigenvalue weighted by molar-refractivity contribution is 0.729. The third-order valence-electron chi connectivity index (χ3n) is 1.29. The lowest BCUT2D eigenvalue weighted by atomic mass is 10.2. The predicted octanol–water partition coefficient (Wildman–Crippen LogP) is 4.03. The highest BCUT2D eigenvalue weighted by molar-refractivity contribution is 9.11. The minimum atomic E-state index is 1.21. The Kier molecular flexibility index (Phi) is 8.92. The van der Waals surface area contributed by atoms with Crippen LogP contribution in [0.15, 0.2) is 23.2 Å². The van der Waals surface area contributed by atoms with Crippen LogP contribution in [0.25, 0.3) is 0 Å². The van der Waals surface area contributed by atoms with E-state index in [1.54, 1.807) is 0 Å². The molecule has 0 aliphatic carbocycles. The van der Waals surface area contributed by atoms with E-state index >= 15 is 0 Å². The standard InChI is InChI=1S/C9H15Br/c1-2-3-4-5-6-7-8-9-10/h6-9H,2-5H2,1H3. The van der Waals surface area contributed by atoms with E-state index in [-0.39, 0.29) is 0 Å². The van der Waals surface area contributed by atoms with Crippen LogP contribution in [-0.2, 0) is 0 Å². The van der Waals surface area contributed by atoms with Crippen molar-refractivity contribution in [1.82, 2.24) is 0 Å². The maximum atomic E-state index is 3.20. The van der Waals surface area contributed by atoms with Gasteiger partial charge in [-0.1, -0.05) is 53.9 Å². The summed E-state index contributed by atoms with van der Waals surface area (Å²) >= 11 is 3.20. The topological polar surface area (TPSA) is 0 Å². The lowest BCUT2D eigenvalue weighted by Crippen LogP contribution is -1.69. The molecule has 0 spiro atoms. The van der Waals surface area contributed by atoms with Gasteiger partial charge in [0.25, 0.3) is 0 Å². The molecule has 0 saturated carbocycles. The molecule has 0 aromatic rings. The van der Waals surface area contributed by atoms with E-state index in [0.717, 1.165) is 0 Å². The van der Waals surface area contributed by atoms with Gasteiger partial charge in [-0.3, -0.25) is 0 Å². The molecule has 0 aliphatic heterocycles. The van der Waals surface area contributed by atoms with Gasteiger partial charge in [0.2, 0.25) is 0 Å². The highest BCUT2D eigenvalue weighted by Gasteiger charge is 1.79. The summed E-state index contributed by atoms with van der Waals surface area (Å²) in [6.45, 7) is 2.22. The van der Waals surface area contributed by atoms with Gasteiger partial charge in [-0.15, -0.1) is 0 Å². The number of allylic oxidation sites excluding steroid dienone is 3. The molecule has 10 heavy (non-hydrogen) atoms. The minimum Gasteiger partial charge on any atom is -0.0845 e. The molecular formula is C9H15Br. The molecule has 0 atom stereocenters. The third-order valence-corrected chi connectivity index (χ3v) is 1.60. The molecule has 0 radical (unpaired) electrons. The first-order chi connectivity index (χ1) is 4.91. The molecule has 0 fully saturated rings. The average molecular weight is 203 g/mol. The van der Waals surface area contributed by atoms with Crippen LogP contribution in [0.1, 0.15) is 32.6 Å². The van der Waals surface area contributed by atoms with Crippen molar-refractivity contribution >= 4 is 15.9 Å². The summed E-state index contributed by atoms with van der Waals surface area (Å²) < 4.78 is 0. The van der Waals surface area contributed by atoms with Gasteiger partial charge in [0.15, 0.2) is 0 Å². The monoisotopic (exact) mass is 202 g/mol. The molecule has 0 unspecified atom stereocenters. The summed E-state index contributed by atoms with van der Waals surface area (Å²) in [5.41, 5.74) is 0. The molecule has 0 aromatic heterocycles. The molecule has 0 aromatic carbocycles. The smallest absolute Gasteiger partial charge is 0.0189 e. The zero-order valence-electron chi connectivity index (χ0n) is 6.52. The number of hydrogen-bond acceptors (Lipinski definition) is 0. The number of rotatable bonds is 5. The van der Waals surface area contributed by atoms with E-state index in [1.807, 2.05) is 11.1 Å². The van der Waals surface area contributed by atoms with Crippen molar-refractivity contribution in [1.29, 1.82) is 0 Å². The summed E-state index contributed by atoms with van der Waals surface area (Å²) in [5, 5.41) is 0. The van der Waals surface area contributed by atoms with Gasteiger partial charge in [0.05, 0.1) is 0 Å². The number of unbranched alkanes of at least 4 members (excludes halogenated alkanes) is 3. The third kappa shape index (κ3) is 7.96. The second-order valence-corrected chi connectivity index (χ2v) is 2.77. The summed E-state index contributed by atoms with van der Waals surface area (Å²) in [5.74, 6) is 0. The Hall–Kier alpha value is -0.0400. The van der Waals surface area contributed by atoms with Crippen LogP contribution in [0, 0.1) is 0 Å². The Morgan fingerprint density at radius 3 is 2.60 bits per heavy atom. The Morgan fingerprint density at radius 1 is 1.20 bits per heavy atom. The van der Waals surface area contributed by atoms with Crippen molar-refractivity contribution in [3.63, 3.8) is 0 Å². The number of halogens is 1. The normalized spacial score (nSPS) is 11.8. The van der Waals surface area contributed by atoms with Crippen molar-refractivity contribution < 1.29 is 0 Å². The van der Waals surface area contributed by atoms with Gasteiger partial charge in [0, 0.05) is 0 Å². The highest BCUT2D eigenvalue weighted by atomic mass is 79.9. The van der Waals surface area contributed by atoms with Crippen LogP contribution < -0.4 is 0 Å². The van der Waals surface area contributed by atoms with Crippen LogP contribution in [0.4, 0.5) is 0 Å². The Labute approximate surface area is 72.1 Å². The van der Waals surface area contributed by atoms with Crippen molar-refractivity contribution in [2.24, 2.45) is 0 Å². The molecular weight excluding hydrogens is 188 g/mol. The van der Waals surface area contributed by atoms with E-state index in [9.17, 15) is 0 Å². The molecule has 0 bridgehead atoms. The van der Waals surface area contributed by atoms with Crippen molar-refractivity contribution in [3.8, 4) is 0 Å². The molecule has 58 valence electrons. The molecule has 0 aliphatic rings. The summed E-state index contributed by atoms with van der Waals surface area (Å²) in [6.07, 6.45) is 11.5. The average Bonchev–Trinajstić information content (AvgIpc) is 1.97. The summed E-state index contributed by atoms with van der Waals surface area (Å²) in [4.78, 5) is 1.86. The van der Waals surface area contributed by atoms with Crippen LogP contribution in [-0.4, -0.2) is 0 Å². The van der Waals surface area contributed by atoms with Crippen LogP contribution in [0.5, 0.6) is 0 Å². The van der Waals surface area contributed by atoms with E-state index in [4.69, 9.17) is 0 Å².